The van der Waals surface area contributed by atoms with Crippen molar-refractivity contribution in [1.82, 2.24) is 10.6 Å². The van der Waals surface area contributed by atoms with Crippen molar-refractivity contribution >= 4 is 41.1 Å². The van der Waals surface area contributed by atoms with Crippen LogP contribution in [0, 0.1) is 20.8 Å². The van der Waals surface area contributed by atoms with Crippen molar-refractivity contribution in [2.75, 3.05) is 29.5 Å². The van der Waals surface area contributed by atoms with Gasteiger partial charge in [0.1, 0.15) is 0 Å². The van der Waals surface area contributed by atoms with Crippen LogP contribution in [0.3, 0.4) is 0 Å². The number of imide groups is 1. The molecule has 0 bridgehead atoms. The van der Waals surface area contributed by atoms with E-state index in [1.165, 1.54) is 178 Å². The average molecular weight is 838 g/mol. The Hall–Kier alpha value is -2.09. The molecule has 0 atom stereocenters. The number of hydrogen-bond acceptors (Lipinski definition) is 5. The molecule has 9 heteroatoms. The third-order valence-corrected chi connectivity index (χ3v) is 12.1. The van der Waals surface area contributed by atoms with E-state index in [0.29, 0.717) is 24.2 Å². The second kappa shape index (κ2) is 36.0. The van der Waals surface area contributed by atoms with Crippen LogP contribution in [0.2, 0.25) is 0 Å². The minimum Gasteiger partial charge on any atom is -0.358 e. The van der Waals surface area contributed by atoms with Gasteiger partial charge >= 0.3 is 17.1 Å². The molecule has 56 heavy (non-hydrogen) atoms. The topological polar surface area (TPSA) is 95.6 Å². The van der Waals surface area contributed by atoms with Gasteiger partial charge in [0.2, 0.25) is 5.91 Å². The second-order valence-electron chi connectivity index (χ2n) is 15.6. The fourth-order valence-electron chi connectivity index (χ4n) is 7.59. The van der Waals surface area contributed by atoms with Crippen LogP contribution in [0.5, 0.6) is 0 Å². The Labute approximate surface area is 358 Å². The summed E-state index contributed by atoms with van der Waals surface area (Å²) in [5, 5.41) is 6.10. The molecule has 0 radical (unpaired) electrons. The Balaban J connectivity index is 0.00000349. The van der Waals surface area contributed by atoms with Crippen molar-refractivity contribution in [2.45, 2.75) is 180 Å². The molecular formula is C47H79FeN3O4S. The molecule has 2 saturated carbocycles. The molecular weight excluding hydrogens is 758 g/mol. The molecule has 0 aromatic heterocycles. The van der Waals surface area contributed by atoms with Crippen LogP contribution in [-0.2, 0) is 31.5 Å². The molecule has 7 nitrogen and oxygen atoms in total. The van der Waals surface area contributed by atoms with Gasteiger partial charge in [-0.3, -0.25) is 19.2 Å². The summed E-state index contributed by atoms with van der Waals surface area (Å²) in [6, 6.07) is 6.65. The normalized spacial score (nSPS) is 14.8. The Morgan fingerprint density at radius 2 is 1.07 bits per heavy atom. The second-order valence-corrected chi connectivity index (χ2v) is 16.8. The van der Waals surface area contributed by atoms with Crippen LogP contribution in [-0.4, -0.2) is 48.2 Å². The zero-order valence-electron chi connectivity index (χ0n) is 35.5. The molecule has 2 fully saturated rings. The quantitative estimate of drug-likeness (QED) is 0.0379. The summed E-state index contributed by atoms with van der Waals surface area (Å²) in [4.78, 5) is 49.4. The Kier molecular flexibility index (Phi) is 34.7. The molecule has 1 aliphatic heterocycles. The van der Waals surface area contributed by atoms with E-state index in [9.17, 15) is 19.2 Å². The standard InChI is InChI=1S/C40H63N3O4S.C5H10.2CH3.Fe/c44-37(42-33-34-22-16-17-23-34)26-15-11-7-3-6-10-14-20-31-48-30-19-13-9-5-2-1-4-8-12-18-29-41-40(47)35-24-21-25-36(32-35)43-38(45)27-28-39(43)46;1-2-4-5-3-1;;;/h21,24-25,27-28,32,34H,1-20,22-23,26,29-31,33H2,(H,41,47)(H,42,44);1-5H2;2*1H3;/q;;2*-1;+2. The first-order valence-corrected chi connectivity index (χ1v) is 23.0. The Bertz CT molecular complexity index is 1180. The monoisotopic (exact) mass is 838 g/mol. The third kappa shape index (κ3) is 25.3. The molecule has 1 aromatic rings. The van der Waals surface area contributed by atoms with Crippen molar-refractivity contribution in [3.8, 4) is 0 Å². The zero-order chi connectivity index (χ0) is 37.6. The molecule has 0 saturated heterocycles. The van der Waals surface area contributed by atoms with Gasteiger partial charge in [0.05, 0.1) is 5.69 Å². The van der Waals surface area contributed by atoms with Crippen molar-refractivity contribution in [1.29, 1.82) is 0 Å². The minimum absolute atomic E-state index is 0. The van der Waals surface area contributed by atoms with E-state index in [0.717, 1.165) is 36.6 Å². The number of unbranched alkanes of at least 4 members (excludes halogenated alkanes) is 16. The number of thioether (sulfide) groups is 1. The summed E-state index contributed by atoms with van der Waals surface area (Å²) in [6.45, 7) is 1.54. The van der Waals surface area contributed by atoms with Gasteiger partial charge in [0, 0.05) is 37.2 Å². The van der Waals surface area contributed by atoms with Crippen molar-refractivity contribution in [3.05, 3.63) is 56.8 Å². The van der Waals surface area contributed by atoms with Gasteiger partial charge in [-0.2, -0.15) is 11.8 Å². The summed E-state index contributed by atoms with van der Waals surface area (Å²) >= 11 is 2.14. The summed E-state index contributed by atoms with van der Waals surface area (Å²) in [5.74, 6) is 2.68. The molecule has 4 amide bonds. The van der Waals surface area contributed by atoms with Crippen molar-refractivity contribution < 1.29 is 36.2 Å². The molecule has 0 spiro atoms. The number of carbonyl (C=O) groups excluding carboxylic acids is 4. The maximum Gasteiger partial charge on any atom is 2.00 e. The van der Waals surface area contributed by atoms with Crippen molar-refractivity contribution in [3.63, 3.8) is 0 Å². The van der Waals surface area contributed by atoms with Crippen LogP contribution in [0.15, 0.2) is 36.4 Å². The molecule has 1 aromatic carbocycles. The van der Waals surface area contributed by atoms with E-state index >= 15 is 0 Å². The van der Waals surface area contributed by atoms with Crippen LogP contribution < -0.4 is 15.5 Å². The molecule has 0 unspecified atom stereocenters. The van der Waals surface area contributed by atoms with E-state index < -0.39 is 0 Å². The van der Waals surface area contributed by atoms with Gasteiger partial charge in [-0.25, -0.2) is 4.90 Å². The predicted octanol–water partition coefficient (Wildman–Crippen LogP) is 12.1. The maximum absolute atomic E-state index is 12.5. The molecule has 3 aliphatic rings. The van der Waals surface area contributed by atoms with Crippen molar-refractivity contribution in [2.24, 2.45) is 5.92 Å². The van der Waals surface area contributed by atoms with E-state index in [2.05, 4.69) is 22.4 Å². The number of rotatable bonds is 28. The largest absolute Gasteiger partial charge is 2.00 e. The van der Waals surface area contributed by atoms with Crippen LogP contribution >= 0.6 is 11.8 Å². The van der Waals surface area contributed by atoms with Crippen LogP contribution in [0.25, 0.3) is 0 Å². The number of carbonyl (C=O) groups is 4. The molecule has 2 aliphatic carbocycles. The minimum atomic E-state index is -0.383. The van der Waals surface area contributed by atoms with Gasteiger partial charge in [-0.15, -0.1) is 0 Å². The van der Waals surface area contributed by atoms with E-state index in [1.54, 1.807) is 24.3 Å². The average Bonchev–Trinajstić information content (AvgIpc) is 3.98. The number of nitrogens with one attached hydrogen (secondary N) is 2. The van der Waals surface area contributed by atoms with E-state index in [-0.39, 0.29) is 55.6 Å². The van der Waals surface area contributed by atoms with Gasteiger partial charge in [-0.05, 0) is 74.1 Å². The van der Waals surface area contributed by atoms with Gasteiger partial charge in [0.15, 0.2) is 0 Å². The SMILES string of the molecule is C1CCCC1.O=C(CCCCCCCCCCSCCCCCCCCCCCCNC(=O)c1cccc(N2C(=O)C=CC2=O)c1)NCC1CCCC1.[CH3-].[CH3-].[Fe+2]. The first kappa shape index (κ1) is 53.9. The molecule has 2 N–H and O–H groups in total. The number of nitrogens with zero attached hydrogens (tertiary/aromatic N) is 1. The van der Waals surface area contributed by atoms with Gasteiger partial charge < -0.3 is 25.5 Å². The molecule has 320 valence electrons. The van der Waals surface area contributed by atoms with Crippen LogP contribution in [0.4, 0.5) is 5.69 Å². The summed E-state index contributed by atoms with van der Waals surface area (Å²) < 4.78 is 0. The molecule has 4 rings (SSSR count). The van der Waals surface area contributed by atoms with E-state index in [1.807, 2.05) is 0 Å². The summed E-state index contributed by atoms with van der Waals surface area (Å²) in [7, 11) is 0. The smallest absolute Gasteiger partial charge is 0.358 e. The fourth-order valence-corrected chi connectivity index (χ4v) is 8.61. The first-order chi connectivity index (χ1) is 26.0. The third-order valence-electron chi connectivity index (χ3n) is 10.9. The first-order valence-electron chi connectivity index (χ1n) is 21.8. The Morgan fingerprint density at radius 1 is 0.607 bits per heavy atom. The van der Waals surface area contributed by atoms with Gasteiger partial charge in [-0.1, -0.05) is 141 Å². The number of benzene rings is 1. The Morgan fingerprint density at radius 3 is 1.59 bits per heavy atom. The van der Waals surface area contributed by atoms with Gasteiger partial charge in [0.25, 0.3) is 17.7 Å². The van der Waals surface area contributed by atoms with Crippen LogP contribution in [0.1, 0.15) is 190 Å². The number of anilines is 1. The summed E-state index contributed by atoms with van der Waals surface area (Å²) in [6.07, 6.45) is 38.8. The van der Waals surface area contributed by atoms with E-state index in [4.69, 9.17) is 0 Å². The molecule has 1 heterocycles. The summed E-state index contributed by atoms with van der Waals surface area (Å²) in [5.41, 5.74) is 0.876. The maximum atomic E-state index is 12.5. The number of amides is 4. The predicted molar refractivity (Wildman–Crippen MR) is 236 cm³/mol. The zero-order valence-corrected chi connectivity index (χ0v) is 37.4. The number of hydrogen-bond donors (Lipinski definition) is 2. The fraction of sp³-hybridized carbons (Fsp3) is 0.702.